The van der Waals surface area contributed by atoms with Crippen LogP contribution >= 0.6 is 0 Å². The highest BCUT2D eigenvalue weighted by Gasteiger charge is 2.15. The Morgan fingerprint density at radius 1 is 1.09 bits per heavy atom. The zero-order chi connectivity index (χ0) is 23.5. The van der Waals surface area contributed by atoms with Gasteiger partial charge in [0.2, 0.25) is 5.91 Å². The van der Waals surface area contributed by atoms with Crippen LogP contribution in [0.3, 0.4) is 0 Å². The van der Waals surface area contributed by atoms with Crippen LogP contribution in [0.2, 0.25) is 0 Å². The van der Waals surface area contributed by atoms with Gasteiger partial charge in [0.15, 0.2) is 0 Å². The van der Waals surface area contributed by atoms with E-state index in [1.807, 2.05) is 24.3 Å². The van der Waals surface area contributed by atoms with Crippen molar-refractivity contribution in [3.8, 4) is 11.5 Å². The number of hydrogen-bond donors (Lipinski definition) is 1. The van der Waals surface area contributed by atoms with E-state index in [-0.39, 0.29) is 17.0 Å². The molecule has 0 saturated carbocycles. The number of nitro benzene ring substituents is 1. The normalized spacial score (nSPS) is 11.4. The second kappa shape index (κ2) is 8.95. The van der Waals surface area contributed by atoms with Crippen molar-refractivity contribution in [1.29, 1.82) is 0 Å². The molecule has 1 N–H and O–H groups in total. The summed E-state index contributed by atoms with van der Waals surface area (Å²) in [6.07, 6.45) is 2.19. The number of fused-ring (bicyclic) bond motifs is 3. The van der Waals surface area contributed by atoms with Crippen molar-refractivity contribution < 1.29 is 32.4 Å². The molecule has 0 saturated heterocycles. The number of nitrogens with zero attached hydrogens (tertiary/aromatic N) is 1. The predicted octanol–water partition coefficient (Wildman–Crippen LogP) is 5.76. The lowest BCUT2D eigenvalue weighted by molar-refractivity contribution is -0.384. The Kier molecular flexibility index (Phi) is 5.90. The number of methoxy groups -OCH3 is 1. The van der Waals surface area contributed by atoms with Crippen LogP contribution in [0.15, 0.2) is 65.1 Å². The van der Waals surface area contributed by atoms with E-state index in [4.69, 9.17) is 9.15 Å². The van der Waals surface area contributed by atoms with E-state index >= 15 is 0 Å². The fraction of sp³-hybridized carbons (Fsp3) is 0.0870. The molecule has 0 bridgehead atoms. The molecule has 0 radical (unpaired) electrons. The fourth-order valence-corrected chi connectivity index (χ4v) is 3.34. The minimum Gasteiger partial charge on any atom is -0.495 e. The largest absolute Gasteiger partial charge is 0.495 e. The first-order chi connectivity index (χ1) is 15.9. The molecule has 4 aromatic rings. The van der Waals surface area contributed by atoms with Crippen LogP contribution in [-0.4, -0.2) is 24.6 Å². The van der Waals surface area contributed by atoms with Gasteiger partial charge in [-0.3, -0.25) is 14.9 Å². The monoisotopic (exact) mass is 454 g/mol. The Morgan fingerprint density at radius 2 is 1.88 bits per heavy atom. The Hall–Kier alpha value is -4.47. The van der Waals surface area contributed by atoms with Crippen molar-refractivity contribution in [2.24, 2.45) is 0 Å². The van der Waals surface area contributed by atoms with Gasteiger partial charge in [-0.2, -0.15) is 8.78 Å². The molecule has 168 valence electrons. The number of rotatable bonds is 7. The molecule has 0 unspecified atom stereocenters. The predicted molar refractivity (Wildman–Crippen MR) is 118 cm³/mol. The van der Waals surface area contributed by atoms with Crippen molar-refractivity contribution in [1.82, 2.24) is 0 Å². The third-order valence-electron chi connectivity index (χ3n) is 4.79. The first kappa shape index (κ1) is 21.8. The molecule has 33 heavy (non-hydrogen) atoms. The number of carbonyl (C=O) groups is 1. The molecule has 0 aliphatic rings. The number of amides is 1. The van der Waals surface area contributed by atoms with Gasteiger partial charge in [0.25, 0.3) is 5.69 Å². The summed E-state index contributed by atoms with van der Waals surface area (Å²) in [6, 6.07) is 13.9. The zero-order valence-electron chi connectivity index (χ0n) is 17.1. The number of furan rings is 1. The van der Waals surface area contributed by atoms with E-state index < -0.39 is 17.4 Å². The van der Waals surface area contributed by atoms with Gasteiger partial charge in [0.05, 0.1) is 17.7 Å². The number of carbonyl (C=O) groups excluding carboxylic acids is 1. The molecule has 0 spiro atoms. The van der Waals surface area contributed by atoms with Gasteiger partial charge in [0.1, 0.15) is 22.7 Å². The molecule has 3 aromatic carbocycles. The highest BCUT2D eigenvalue weighted by molar-refractivity contribution is 6.09. The van der Waals surface area contributed by atoms with Crippen LogP contribution in [0.1, 0.15) is 5.56 Å². The van der Waals surface area contributed by atoms with Crippen LogP contribution in [0.5, 0.6) is 11.5 Å². The van der Waals surface area contributed by atoms with Crippen molar-refractivity contribution in [3.05, 3.63) is 76.4 Å². The standard InChI is InChI=1S/C23H16F2N2O6/c1-31-21-11-16-15-4-2-3-5-19(15)32-20(16)12-17(21)26-22(28)9-6-13-10-14(27(29)30)7-8-18(13)33-23(24)25/h2-12,23H,1H3,(H,26,28). The lowest BCUT2D eigenvalue weighted by Crippen LogP contribution is -2.09. The Labute approximate surface area is 185 Å². The maximum absolute atomic E-state index is 12.7. The van der Waals surface area contributed by atoms with Gasteiger partial charge in [0, 0.05) is 40.6 Å². The number of para-hydroxylation sites is 1. The molecule has 0 atom stereocenters. The summed E-state index contributed by atoms with van der Waals surface area (Å²) >= 11 is 0. The molecule has 8 nitrogen and oxygen atoms in total. The smallest absolute Gasteiger partial charge is 0.387 e. The van der Waals surface area contributed by atoms with E-state index in [2.05, 4.69) is 10.1 Å². The summed E-state index contributed by atoms with van der Waals surface area (Å²) in [5, 5.41) is 15.3. The van der Waals surface area contributed by atoms with Crippen molar-refractivity contribution in [2.45, 2.75) is 6.61 Å². The fourth-order valence-electron chi connectivity index (χ4n) is 3.34. The molecule has 1 aromatic heterocycles. The molecular formula is C23H16F2N2O6. The van der Waals surface area contributed by atoms with Gasteiger partial charge in [-0.15, -0.1) is 0 Å². The Bertz CT molecular complexity index is 1400. The van der Waals surface area contributed by atoms with E-state index in [0.29, 0.717) is 22.6 Å². The van der Waals surface area contributed by atoms with Gasteiger partial charge >= 0.3 is 6.61 Å². The quantitative estimate of drug-likeness (QED) is 0.216. The highest BCUT2D eigenvalue weighted by atomic mass is 19.3. The van der Waals surface area contributed by atoms with Crippen molar-refractivity contribution in [2.75, 3.05) is 12.4 Å². The number of nitrogens with one attached hydrogen (secondary N) is 1. The van der Waals surface area contributed by atoms with Gasteiger partial charge in [-0.05, 0) is 24.3 Å². The van der Waals surface area contributed by atoms with Crippen LogP contribution in [0.4, 0.5) is 20.2 Å². The van der Waals surface area contributed by atoms with Crippen molar-refractivity contribution >= 4 is 45.3 Å². The van der Waals surface area contributed by atoms with Gasteiger partial charge in [-0.25, -0.2) is 0 Å². The molecule has 1 amide bonds. The van der Waals surface area contributed by atoms with Crippen LogP contribution < -0.4 is 14.8 Å². The minimum atomic E-state index is -3.13. The highest BCUT2D eigenvalue weighted by Crippen LogP contribution is 2.36. The minimum absolute atomic E-state index is 0.0562. The summed E-state index contributed by atoms with van der Waals surface area (Å²) in [4.78, 5) is 22.8. The molecule has 1 heterocycles. The maximum atomic E-state index is 12.7. The van der Waals surface area contributed by atoms with Gasteiger partial charge in [-0.1, -0.05) is 18.2 Å². The number of hydrogen-bond acceptors (Lipinski definition) is 6. The molecule has 0 fully saturated rings. The van der Waals surface area contributed by atoms with Crippen LogP contribution in [-0.2, 0) is 4.79 Å². The average Bonchev–Trinajstić information content (AvgIpc) is 3.14. The number of benzene rings is 3. The van der Waals surface area contributed by atoms with Crippen LogP contribution in [0, 0.1) is 10.1 Å². The first-order valence-corrected chi connectivity index (χ1v) is 9.57. The average molecular weight is 454 g/mol. The zero-order valence-corrected chi connectivity index (χ0v) is 17.1. The molecule has 10 heteroatoms. The molecule has 0 aliphatic carbocycles. The number of non-ortho nitro benzene ring substituents is 1. The maximum Gasteiger partial charge on any atom is 0.387 e. The van der Waals surface area contributed by atoms with E-state index in [0.717, 1.165) is 41.1 Å². The number of nitro groups is 1. The number of ether oxygens (including phenoxy) is 2. The molecular weight excluding hydrogens is 438 g/mol. The number of alkyl halides is 2. The van der Waals surface area contributed by atoms with Gasteiger partial charge < -0.3 is 19.2 Å². The number of halogens is 2. The second-order valence-corrected chi connectivity index (χ2v) is 6.83. The summed E-state index contributed by atoms with van der Waals surface area (Å²) in [6.45, 7) is -3.13. The Balaban J connectivity index is 1.63. The molecule has 4 rings (SSSR count). The van der Waals surface area contributed by atoms with E-state index in [1.165, 1.54) is 7.11 Å². The third kappa shape index (κ3) is 4.59. The summed E-state index contributed by atoms with van der Waals surface area (Å²) in [5.74, 6) is -0.549. The van der Waals surface area contributed by atoms with E-state index in [9.17, 15) is 23.7 Å². The second-order valence-electron chi connectivity index (χ2n) is 6.83. The van der Waals surface area contributed by atoms with Crippen molar-refractivity contribution in [3.63, 3.8) is 0 Å². The lowest BCUT2D eigenvalue weighted by Gasteiger charge is -2.09. The molecule has 0 aliphatic heterocycles. The topological polar surface area (TPSA) is 104 Å². The lowest BCUT2D eigenvalue weighted by atomic mass is 10.1. The third-order valence-corrected chi connectivity index (χ3v) is 4.79. The summed E-state index contributed by atoms with van der Waals surface area (Å²) in [7, 11) is 1.45. The number of anilines is 1. The van der Waals surface area contributed by atoms with Crippen LogP contribution in [0.25, 0.3) is 28.0 Å². The summed E-state index contributed by atoms with van der Waals surface area (Å²) in [5.41, 5.74) is 1.13. The summed E-state index contributed by atoms with van der Waals surface area (Å²) < 4.78 is 40.9. The Morgan fingerprint density at radius 3 is 2.61 bits per heavy atom. The van der Waals surface area contributed by atoms with E-state index in [1.54, 1.807) is 12.1 Å². The SMILES string of the molecule is COc1cc2c(cc1NC(=O)C=Cc1cc([N+](=O)[O-])ccc1OC(F)F)oc1ccccc12. The first-order valence-electron chi connectivity index (χ1n) is 9.57.